The fourth-order valence-corrected chi connectivity index (χ4v) is 4.73. The van der Waals surface area contributed by atoms with E-state index in [0.717, 1.165) is 67.3 Å². The van der Waals surface area contributed by atoms with Gasteiger partial charge in [-0.3, -0.25) is 9.59 Å². The second kappa shape index (κ2) is 10.6. The van der Waals surface area contributed by atoms with E-state index in [1.54, 1.807) is 6.33 Å². The van der Waals surface area contributed by atoms with E-state index in [1.807, 2.05) is 24.3 Å². The zero-order valence-electron chi connectivity index (χ0n) is 18.3. The number of aromatic nitrogens is 4. The average Bonchev–Trinajstić information content (AvgIpc) is 3.22. The van der Waals surface area contributed by atoms with Crippen molar-refractivity contribution >= 4 is 41.0 Å². The van der Waals surface area contributed by atoms with Crippen LogP contribution in [0.15, 0.2) is 30.6 Å². The van der Waals surface area contributed by atoms with Gasteiger partial charge in [-0.15, -0.1) is 0 Å². The van der Waals surface area contributed by atoms with Crippen molar-refractivity contribution < 1.29 is 14.7 Å². The molecule has 4 heterocycles. The van der Waals surface area contributed by atoms with E-state index < -0.39 is 0 Å². The number of anilines is 1. The Labute approximate surface area is 196 Å². The molecule has 1 amide bonds. The molecule has 1 fully saturated rings. The van der Waals surface area contributed by atoms with Crippen LogP contribution in [0.1, 0.15) is 37.1 Å². The molecule has 10 heteroatoms. The molecule has 0 aliphatic carbocycles. The summed E-state index contributed by atoms with van der Waals surface area (Å²) in [6.07, 6.45) is 6.62. The van der Waals surface area contributed by atoms with Crippen molar-refractivity contribution in [3.05, 3.63) is 47.0 Å². The molecule has 0 saturated carbocycles. The van der Waals surface area contributed by atoms with E-state index in [0.29, 0.717) is 11.6 Å². The number of carboxylic acid groups (broad SMARTS) is 1. The van der Waals surface area contributed by atoms with Crippen LogP contribution in [0.5, 0.6) is 0 Å². The van der Waals surface area contributed by atoms with Gasteiger partial charge in [0.1, 0.15) is 12.2 Å². The van der Waals surface area contributed by atoms with Gasteiger partial charge in [-0.1, -0.05) is 23.7 Å². The number of aryl methyl sites for hydroxylation is 2. The van der Waals surface area contributed by atoms with Gasteiger partial charge in [0.2, 0.25) is 5.91 Å². The molecule has 2 aromatic heterocycles. The molecule has 0 atom stereocenters. The highest BCUT2D eigenvalue weighted by molar-refractivity contribution is 6.30. The SMILES string of the molecule is O=C(NCc1cccc(Cl)c1)C1CCN(c2ncnc3c2nc2n3CCCC2)CC1.O=CO. The summed E-state index contributed by atoms with van der Waals surface area (Å²) >= 11 is 6.02. The lowest BCUT2D eigenvalue weighted by atomic mass is 9.95. The molecule has 0 radical (unpaired) electrons. The molecule has 0 spiro atoms. The second-order valence-electron chi connectivity index (χ2n) is 8.22. The maximum Gasteiger partial charge on any atom is 0.290 e. The first kappa shape index (κ1) is 23.0. The monoisotopic (exact) mass is 470 g/mol. The predicted molar refractivity (Wildman–Crippen MR) is 125 cm³/mol. The third kappa shape index (κ3) is 5.24. The first-order valence-corrected chi connectivity index (χ1v) is 11.5. The number of hydrogen-bond acceptors (Lipinski definition) is 6. The lowest BCUT2D eigenvalue weighted by molar-refractivity contribution is -0.126. The highest BCUT2D eigenvalue weighted by atomic mass is 35.5. The Morgan fingerprint density at radius 3 is 2.76 bits per heavy atom. The molecule has 33 heavy (non-hydrogen) atoms. The number of rotatable bonds is 4. The molecule has 2 aliphatic heterocycles. The van der Waals surface area contributed by atoms with E-state index in [2.05, 4.69) is 24.8 Å². The summed E-state index contributed by atoms with van der Waals surface area (Å²) in [5, 5.41) is 10.6. The van der Waals surface area contributed by atoms with Crippen LogP contribution in [-0.2, 0) is 29.1 Å². The zero-order valence-corrected chi connectivity index (χ0v) is 19.0. The molecule has 5 rings (SSSR count). The van der Waals surface area contributed by atoms with E-state index in [9.17, 15) is 4.79 Å². The van der Waals surface area contributed by atoms with Crippen LogP contribution >= 0.6 is 11.6 Å². The number of nitrogens with one attached hydrogen (secondary N) is 1. The lowest BCUT2D eigenvalue weighted by Crippen LogP contribution is -2.40. The lowest BCUT2D eigenvalue weighted by Gasteiger charge is -2.32. The summed E-state index contributed by atoms with van der Waals surface area (Å²) < 4.78 is 2.24. The molecule has 9 nitrogen and oxygen atoms in total. The Bertz CT molecular complexity index is 1130. The van der Waals surface area contributed by atoms with Gasteiger partial charge >= 0.3 is 0 Å². The Hall–Kier alpha value is -3.20. The number of amides is 1. The highest BCUT2D eigenvalue weighted by Gasteiger charge is 2.28. The van der Waals surface area contributed by atoms with Crippen molar-refractivity contribution in [2.75, 3.05) is 18.0 Å². The van der Waals surface area contributed by atoms with Crippen LogP contribution in [0, 0.1) is 5.92 Å². The maximum absolute atomic E-state index is 12.6. The normalized spacial score (nSPS) is 16.0. The molecule has 174 valence electrons. The number of benzene rings is 1. The smallest absolute Gasteiger partial charge is 0.290 e. The Morgan fingerprint density at radius 2 is 2.00 bits per heavy atom. The molecular weight excluding hydrogens is 444 g/mol. The molecule has 0 bridgehead atoms. The van der Waals surface area contributed by atoms with Crippen molar-refractivity contribution in [3.8, 4) is 0 Å². The van der Waals surface area contributed by atoms with Crippen molar-refractivity contribution in [1.29, 1.82) is 0 Å². The summed E-state index contributed by atoms with van der Waals surface area (Å²) in [5.74, 6) is 2.15. The maximum atomic E-state index is 12.6. The fourth-order valence-electron chi connectivity index (χ4n) is 4.51. The van der Waals surface area contributed by atoms with Gasteiger partial charge in [0.15, 0.2) is 17.0 Å². The molecule has 1 saturated heterocycles. The topological polar surface area (TPSA) is 113 Å². The highest BCUT2D eigenvalue weighted by Crippen LogP contribution is 2.29. The summed E-state index contributed by atoms with van der Waals surface area (Å²) in [5.41, 5.74) is 2.86. The molecular formula is C23H27ClN6O3. The Balaban J connectivity index is 0.000000821. The Morgan fingerprint density at radius 1 is 1.21 bits per heavy atom. The first-order valence-electron chi connectivity index (χ1n) is 11.2. The molecule has 2 aliphatic rings. The van der Waals surface area contributed by atoms with Gasteiger partial charge in [-0.25, -0.2) is 15.0 Å². The van der Waals surface area contributed by atoms with E-state index in [4.69, 9.17) is 26.5 Å². The third-order valence-electron chi connectivity index (χ3n) is 6.14. The van der Waals surface area contributed by atoms with E-state index in [-0.39, 0.29) is 18.3 Å². The summed E-state index contributed by atoms with van der Waals surface area (Å²) in [7, 11) is 0. The number of imidazole rings is 1. The number of fused-ring (bicyclic) bond motifs is 3. The number of carbonyl (C=O) groups is 2. The summed E-state index contributed by atoms with van der Waals surface area (Å²) in [4.78, 5) is 37.2. The van der Waals surface area contributed by atoms with Gasteiger partial charge in [0.05, 0.1) is 0 Å². The molecule has 1 aromatic carbocycles. The van der Waals surface area contributed by atoms with Crippen molar-refractivity contribution in [3.63, 3.8) is 0 Å². The number of halogens is 1. The molecule has 3 aromatic rings. The third-order valence-corrected chi connectivity index (χ3v) is 6.38. The minimum Gasteiger partial charge on any atom is -0.483 e. The Kier molecular flexibility index (Phi) is 7.39. The average molecular weight is 471 g/mol. The quantitative estimate of drug-likeness (QED) is 0.563. The van der Waals surface area contributed by atoms with Gasteiger partial charge in [-0.05, 0) is 43.4 Å². The largest absolute Gasteiger partial charge is 0.483 e. The van der Waals surface area contributed by atoms with Gasteiger partial charge in [-0.2, -0.15) is 0 Å². The van der Waals surface area contributed by atoms with Gasteiger partial charge in [0.25, 0.3) is 6.47 Å². The van der Waals surface area contributed by atoms with Crippen LogP contribution in [0.2, 0.25) is 5.02 Å². The standard InChI is InChI=1S/C22H25ClN6O.CH2O2/c23-17-5-3-4-15(12-17)13-24-22(30)16-7-10-28(11-8-16)20-19-21(26-14-25-20)29-9-2-1-6-18(29)27-19;2-1-3/h3-5,12,14,16H,1-2,6-11,13H2,(H,24,30);1H,(H,2,3). The number of hydrogen-bond donors (Lipinski definition) is 2. The van der Waals surface area contributed by atoms with Gasteiger partial charge < -0.3 is 19.9 Å². The van der Waals surface area contributed by atoms with Crippen molar-refractivity contribution in [1.82, 2.24) is 24.8 Å². The van der Waals surface area contributed by atoms with E-state index in [1.165, 1.54) is 12.8 Å². The minimum absolute atomic E-state index is 0.0213. The second-order valence-corrected chi connectivity index (χ2v) is 8.66. The van der Waals surface area contributed by atoms with Crippen LogP contribution in [0.4, 0.5) is 5.82 Å². The predicted octanol–water partition coefficient (Wildman–Crippen LogP) is 3.05. The summed E-state index contributed by atoms with van der Waals surface area (Å²) in [6, 6.07) is 7.59. The number of piperidine rings is 1. The van der Waals surface area contributed by atoms with Crippen molar-refractivity contribution in [2.45, 2.75) is 45.2 Å². The zero-order chi connectivity index (χ0) is 23.2. The number of carbonyl (C=O) groups excluding carboxylic acids is 1. The van der Waals surface area contributed by atoms with Crippen LogP contribution in [-0.4, -0.2) is 50.1 Å². The summed E-state index contributed by atoms with van der Waals surface area (Å²) in [6.45, 7) is 2.83. The first-order chi connectivity index (χ1) is 16.1. The molecule has 2 N–H and O–H groups in total. The molecule has 0 unspecified atom stereocenters. The van der Waals surface area contributed by atoms with Crippen molar-refractivity contribution in [2.24, 2.45) is 5.92 Å². The van der Waals surface area contributed by atoms with E-state index >= 15 is 0 Å². The minimum atomic E-state index is -0.250. The van der Waals surface area contributed by atoms with Crippen LogP contribution < -0.4 is 10.2 Å². The fraction of sp³-hybridized carbons (Fsp3) is 0.435. The van der Waals surface area contributed by atoms with Gasteiger partial charge in [0, 0.05) is 43.5 Å². The van der Waals surface area contributed by atoms with Crippen LogP contribution in [0.3, 0.4) is 0 Å². The number of nitrogens with zero attached hydrogens (tertiary/aromatic N) is 5. The van der Waals surface area contributed by atoms with Crippen LogP contribution in [0.25, 0.3) is 11.2 Å².